The molecule has 0 saturated carbocycles. The van der Waals surface area contributed by atoms with Crippen molar-refractivity contribution >= 4 is 16.8 Å². The van der Waals surface area contributed by atoms with Gasteiger partial charge in [-0.1, -0.05) is 42.5 Å². The predicted octanol–water partition coefficient (Wildman–Crippen LogP) is 3.36. The fourth-order valence-corrected chi connectivity index (χ4v) is 3.75. The molecule has 1 saturated heterocycles. The lowest BCUT2D eigenvalue weighted by atomic mass is 10.0. The third-order valence-corrected chi connectivity index (χ3v) is 4.92. The molecule has 0 spiro atoms. The highest BCUT2D eigenvalue weighted by Crippen LogP contribution is 2.18. The van der Waals surface area contributed by atoms with Crippen LogP contribution in [0.5, 0.6) is 0 Å². The Balaban J connectivity index is 1.53. The number of urea groups is 1. The van der Waals surface area contributed by atoms with Crippen molar-refractivity contribution in [3.05, 3.63) is 48.0 Å². The van der Waals surface area contributed by atoms with Crippen LogP contribution in [0.15, 0.2) is 42.5 Å². The standard InChI is InChI=1S/C21H29N3O/c1-16(12-17-8-9-19-6-4-5-7-20(19)13-17)22-21(25)24-11-10-18(15-24)14-23(2)3/h4-9,13,16,18H,10-12,14-15H2,1-3H3,(H,22,25)/t16-,18+/m1/s1. The van der Waals surface area contributed by atoms with E-state index in [2.05, 4.69) is 73.7 Å². The molecule has 2 atom stereocenters. The van der Waals surface area contributed by atoms with E-state index in [9.17, 15) is 4.79 Å². The van der Waals surface area contributed by atoms with Crippen LogP contribution < -0.4 is 5.32 Å². The van der Waals surface area contributed by atoms with Gasteiger partial charge in [-0.3, -0.25) is 0 Å². The molecule has 2 amide bonds. The number of nitrogens with one attached hydrogen (secondary N) is 1. The van der Waals surface area contributed by atoms with Crippen LogP contribution in [0.3, 0.4) is 0 Å². The Hall–Kier alpha value is -2.07. The van der Waals surface area contributed by atoms with Gasteiger partial charge in [0.1, 0.15) is 0 Å². The fraction of sp³-hybridized carbons (Fsp3) is 0.476. The number of carbonyl (C=O) groups excluding carboxylic acids is 1. The van der Waals surface area contributed by atoms with Crippen molar-refractivity contribution < 1.29 is 4.79 Å². The van der Waals surface area contributed by atoms with E-state index in [-0.39, 0.29) is 12.1 Å². The van der Waals surface area contributed by atoms with Crippen molar-refractivity contribution in [3.8, 4) is 0 Å². The summed E-state index contributed by atoms with van der Waals surface area (Å²) in [7, 11) is 4.18. The smallest absolute Gasteiger partial charge is 0.317 e. The molecule has 0 radical (unpaired) electrons. The Morgan fingerprint density at radius 2 is 2.00 bits per heavy atom. The summed E-state index contributed by atoms with van der Waals surface area (Å²) in [5.41, 5.74) is 1.26. The van der Waals surface area contributed by atoms with Crippen molar-refractivity contribution in [2.45, 2.75) is 25.8 Å². The Labute approximate surface area is 150 Å². The Morgan fingerprint density at radius 1 is 1.24 bits per heavy atom. The van der Waals surface area contributed by atoms with E-state index < -0.39 is 0 Å². The molecule has 1 N–H and O–H groups in total. The normalized spacial score (nSPS) is 18.7. The molecule has 1 fully saturated rings. The van der Waals surface area contributed by atoms with Gasteiger partial charge in [0, 0.05) is 25.7 Å². The van der Waals surface area contributed by atoms with Crippen molar-refractivity contribution in [1.29, 1.82) is 0 Å². The molecular formula is C21H29N3O. The first-order valence-electron chi connectivity index (χ1n) is 9.19. The van der Waals surface area contributed by atoms with E-state index in [1.165, 1.54) is 16.3 Å². The van der Waals surface area contributed by atoms with Crippen LogP contribution in [0.2, 0.25) is 0 Å². The average Bonchev–Trinajstić information content (AvgIpc) is 3.02. The first-order valence-corrected chi connectivity index (χ1v) is 9.19. The molecule has 1 aliphatic heterocycles. The predicted molar refractivity (Wildman–Crippen MR) is 104 cm³/mol. The minimum absolute atomic E-state index is 0.0783. The van der Waals surface area contributed by atoms with Crippen LogP contribution in [0.25, 0.3) is 10.8 Å². The van der Waals surface area contributed by atoms with Gasteiger partial charge in [0.2, 0.25) is 0 Å². The topological polar surface area (TPSA) is 35.6 Å². The third-order valence-electron chi connectivity index (χ3n) is 4.92. The van der Waals surface area contributed by atoms with E-state index in [0.717, 1.165) is 32.5 Å². The highest BCUT2D eigenvalue weighted by atomic mass is 16.2. The van der Waals surface area contributed by atoms with Crippen LogP contribution in [-0.2, 0) is 6.42 Å². The number of rotatable bonds is 5. The molecule has 2 aromatic carbocycles. The van der Waals surface area contributed by atoms with Gasteiger partial charge in [0.15, 0.2) is 0 Å². The molecular weight excluding hydrogens is 310 g/mol. The van der Waals surface area contributed by atoms with Gasteiger partial charge in [-0.15, -0.1) is 0 Å². The largest absolute Gasteiger partial charge is 0.335 e. The van der Waals surface area contributed by atoms with Crippen molar-refractivity contribution in [3.63, 3.8) is 0 Å². The SMILES string of the molecule is C[C@H](Cc1ccc2ccccc2c1)NC(=O)N1CC[C@@H](CN(C)C)C1. The minimum Gasteiger partial charge on any atom is -0.335 e. The number of fused-ring (bicyclic) bond motifs is 1. The van der Waals surface area contributed by atoms with E-state index >= 15 is 0 Å². The van der Waals surface area contributed by atoms with E-state index in [0.29, 0.717) is 5.92 Å². The zero-order valence-corrected chi connectivity index (χ0v) is 15.5. The third kappa shape index (κ3) is 4.73. The lowest BCUT2D eigenvalue weighted by Gasteiger charge is -2.22. The molecule has 0 aromatic heterocycles. The van der Waals surface area contributed by atoms with Crippen molar-refractivity contribution in [2.75, 3.05) is 33.7 Å². The zero-order chi connectivity index (χ0) is 17.8. The number of carbonyl (C=O) groups is 1. The van der Waals surface area contributed by atoms with Gasteiger partial charge >= 0.3 is 6.03 Å². The van der Waals surface area contributed by atoms with Crippen molar-refractivity contribution in [2.24, 2.45) is 5.92 Å². The van der Waals surface area contributed by atoms with Crippen LogP contribution in [0.4, 0.5) is 4.79 Å². The van der Waals surface area contributed by atoms with E-state index in [1.54, 1.807) is 0 Å². The van der Waals surface area contributed by atoms with Crippen molar-refractivity contribution in [1.82, 2.24) is 15.1 Å². The van der Waals surface area contributed by atoms with Gasteiger partial charge in [0.05, 0.1) is 0 Å². The van der Waals surface area contributed by atoms with Gasteiger partial charge in [0.25, 0.3) is 0 Å². The number of benzene rings is 2. The number of hydrogen-bond donors (Lipinski definition) is 1. The van der Waals surface area contributed by atoms with Crippen LogP contribution >= 0.6 is 0 Å². The highest BCUT2D eigenvalue weighted by molar-refractivity contribution is 5.83. The summed E-state index contributed by atoms with van der Waals surface area (Å²) in [4.78, 5) is 16.7. The summed E-state index contributed by atoms with van der Waals surface area (Å²) in [6.07, 6.45) is 1.95. The molecule has 0 bridgehead atoms. The van der Waals surface area contributed by atoms with Gasteiger partial charge in [-0.2, -0.15) is 0 Å². The van der Waals surface area contributed by atoms with Crippen LogP contribution in [-0.4, -0.2) is 55.6 Å². The molecule has 4 heteroatoms. The first kappa shape index (κ1) is 17.7. The molecule has 25 heavy (non-hydrogen) atoms. The second-order valence-electron chi connectivity index (χ2n) is 7.60. The monoisotopic (exact) mass is 339 g/mol. The van der Waals surface area contributed by atoms with Crippen LogP contribution in [0, 0.1) is 5.92 Å². The Bertz CT molecular complexity index is 728. The van der Waals surface area contributed by atoms with E-state index in [4.69, 9.17) is 0 Å². The molecule has 0 unspecified atom stereocenters. The zero-order valence-electron chi connectivity index (χ0n) is 15.5. The lowest BCUT2D eigenvalue weighted by molar-refractivity contribution is 0.202. The number of nitrogens with zero attached hydrogens (tertiary/aromatic N) is 2. The number of hydrogen-bond acceptors (Lipinski definition) is 2. The molecule has 1 heterocycles. The maximum atomic E-state index is 12.5. The van der Waals surface area contributed by atoms with Gasteiger partial charge < -0.3 is 15.1 Å². The molecule has 3 rings (SSSR count). The average molecular weight is 339 g/mol. The molecule has 0 aliphatic carbocycles. The Kier molecular flexibility index (Phi) is 5.59. The molecule has 1 aliphatic rings. The summed E-state index contributed by atoms with van der Waals surface area (Å²) in [5.74, 6) is 0.594. The van der Waals surface area contributed by atoms with Gasteiger partial charge in [-0.05, 0) is 56.1 Å². The number of likely N-dealkylation sites (tertiary alicyclic amines) is 1. The Morgan fingerprint density at radius 3 is 2.76 bits per heavy atom. The minimum atomic E-state index is 0.0783. The second-order valence-corrected chi connectivity index (χ2v) is 7.60. The second kappa shape index (κ2) is 7.87. The maximum Gasteiger partial charge on any atom is 0.317 e. The summed E-state index contributed by atoms with van der Waals surface area (Å²) in [5, 5.41) is 5.68. The van der Waals surface area contributed by atoms with Crippen LogP contribution in [0.1, 0.15) is 18.9 Å². The maximum absolute atomic E-state index is 12.5. The quantitative estimate of drug-likeness (QED) is 0.906. The molecule has 4 nitrogen and oxygen atoms in total. The lowest BCUT2D eigenvalue weighted by Crippen LogP contribution is -2.43. The summed E-state index contributed by atoms with van der Waals surface area (Å²) < 4.78 is 0. The number of amides is 2. The summed E-state index contributed by atoms with van der Waals surface area (Å²) in [6.45, 7) is 4.87. The summed E-state index contributed by atoms with van der Waals surface area (Å²) in [6, 6.07) is 15.1. The van der Waals surface area contributed by atoms with Gasteiger partial charge in [-0.25, -0.2) is 4.79 Å². The molecule has 2 aromatic rings. The fourth-order valence-electron chi connectivity index (χ4n) is 3.75. The first-order chi connectivity index (χ1) is 12.0. The van der Waals surface area contributed by atoms with E-state index in [1.807, 2.05) is 4.90 Å². The highest BCUT2D eigenvalue weighted by Gasteiger charge is 2.27. The summed E-state index contributed by atoms with van der Waals surface area (Å²) >= 11 is 0. The molecule has 134 valence electrons.